The number of carbonyl (C=O) groups is 1. The topological polar surface area (TPSA) is 26.3 Å². The highest BCUT2D eigenvalue weighted by molar-refractivity contribution is 5.69. The molecule has 0 aliphatic heterocycles. The highest BCUT2D eigenvalue weighted by Crippen LogP contribution is 2.03. The Balaban J connectivity index is 3.33. The number of carbonyl (C=O) groups excluding carboxylic acids is 1. The van der Waals surface area contributed by atoms with E-state index in [0.29, 0.717) is 13.0 Å². The van der Waals surface area contributed by atoms with Gasteiger partial charge in [-0.1, -0.05) is 31.8 Å². The normalized spacial score (nSPS) is 9.64. The van der Waals surface area contributed by atoms with Gasteiger partial charge in [0.05, 0.1) is 0 Å². The number of rotatable bonds is 7. The molecule has 0 radical (unpaired) electrons. The zero-order valence-corrected chi connectivity index (χ0v) is 9.64. The second kappa shape index (κ2) is 8.79. The van der Waals surface area contributed by atoms with E-state index in [9.17, 15) is 4.79 Å². The monoisotopic (exact) mass is 198 g/mol. The van der Waals surface area contributed by atoms with E-state index in [-0.39, 0.29) is 5.97 Å². The molecular weight excluding hydrogens is 176 g/mol. The molecule has 0 aromatic heterocycles. The van der Waals surface area contributed by atoms with Crippen LogP contribution in [0.5, 0.6) is 0 Å². The van der Waals surface area contributed by atoms with Gasteiger partial charge in [0.2, 0.25) is 0 Å². The maximum Gasteiger partial charge on any atom is 0.306 e. The molecule has 0 bridgehead atoms. The van der Waals surface area contributed by atoms with Crippen molar-refractivity contribution in [3.63, 3.8) is 0 Å². The average Bonchev–Trinajstić information content (AvgIpc) is 2.12. The van der Waals surface area contributed by atoms with Gasteiger partial charge in [-0.25, -0.2) is 0 Å². The van der Waals surface area contributed by atoms with Gasteiger partial charge in [-0.15, -0.1) is 0 Å². The molecular formula is C12H22O2. The summed E-state index contributed by atoms with van der Waals surface area (Å²) in [5, 5.41) is 0. The van der Waals surface area contributed by atoms with Crippen LogP contribution >= 0.6 is 0 Å². The van der Waals surface area contributed by atoms with Crippen LogP contribution in [0, 0.1) is 0 Å². The molecule has 0 heterocycles. The molecule has 14 heavy (non-hydrogen) atoms. The summed E-state index contributed by atoms with van der Waals surface area (Å²) >= 11 is 0. The first-order valence-corrected chi connectivity index (χ1v) is 5.45. The molecule has 0 saturated heterocycles. The minimum Gasteiger partial charge on any atom is -0.461 e. The van der Waals surface area contributed by atoms with E-state index in [0.717, 1.165) is 12.8 Å². The predicted octanol–water partition coefficient (Wildman–Crippen LogP) is 3.47. The van der Waals surface area contributed by atoms with Crippen molar-refractivity contribution in [2.45, 2.75) is 52.9 Å². The van der Waals surface area contributed by atoms with Crippen molar-refractivity contribution in [2.75, 3.05) is 6.61 Å². The van der Waals surface area contributed by atoms with Crippen molar-refractivity contribution in [2.24, 2.45) is 0 Å². The number of ether oxygens (including phenoxy) is 1. The SMILES string of the molecule is CCCCCCC(=O)OCC=C(C)C. The molecule has 0 atom stereocenters. The average molecular weight is 198 g/mol. The fraction of sp³-hybridized carbons (Fsp3) is 0.750. The molecule has 0 N–H and O–H groups in total. The fourth-order valence-electron chi connectivity index (χ4n) is 1.07. The van der Waals surface area contributed by atoms with Crippen LogP contribution < -0.4 is 0 Å². The molecule has 0 aromatic carbocycles. The Hall–Kier alpha value is -0.790. The number of unbranched alkanes of at least 4 members (excludes halogenated alkanes) is 3. The van der Waals surface area contributed by atoms with E-state index >= 15 is 0 Å². The third kappa shape index (κ3) is 9.30. The molecule has 0 aliphatic carbocycles. The summed E-state index contributed by atoms with van der Waals surface area (Å²) in [7, 11) is 0. The number of allylic oxidation sites excluding steroid dienone is 1. The van der Waals surface area contributed by atoms with Crippen LogP contribution in [0.3, 0.4) is 0 Å². The van der Waals surface area contributed by atoms with Crippen LogP contribution in [0.15, 0.2) is 11.6 Å². The molecule has 2 nitrogen and oxygen atoms in total. The first kappa shape index (κ1) is 13.2. The van der Waals surface area contributed by atoms with E-state index in [4.69, 9.17) is 4.74 Å². The van der Waals surface area contributed by atoms with Gasteiger partial charge in [0, 0.05) is 6.42 Å². The van der Waals surface area contributed by atoms with Gasteiger partial charge in [-0.2, -0.15) is 0 Å². The van der Waals surface area contributed by atoms with Gasteiger partial charge in [0.15, 0.2) is 0 Å². The molecule has 0 rings (SSSR count). The summed E-state index contributed by atoms with van der Waals surface area (Å²) < 4.78 is 5.02. The number of esters is 1. The maximum atomic E-state index is 11.1. The molecule has 0 spiro atoms. The summed E-state index contributed by atoms with van der Waals surface area (Å²) in [6, 6.07) is 0. The third-order valence-electron chi connectivity index (χ3n) is 1.97. The molecule has 0 saturated carbocycles. The zero-order chi connectivity index (χ0) is 10.8. The van der Waals surface area contributed by atoms with Gasteiger partial charge in [-0.3, -0.25) is 4.79 Å². The van der Waals surface area contributed by atoms with Gasteiger partial charge in [-0.05, 0) is 26.3 Å². The summed E-state index contributed by atoms with van der Waals surface area (Å²) in [5.74, 6) is -0.0707. The highest BCUT2D eigenvalue weighted by Gasteiger charge is 2.00. The quantitative estimate of drug-likeness (QED) is 0.356. The minimum absolute atomic E-state index is 0.0707. The Bertz CT molecular complexity index is 179. The van der Waals surface area contributed by atoms with Gasteiger partial charge in [0.1, 0.15) is 6.61 Å². The Morgan fingerprint density at radius 3 is 2.50 bits per heavy atom. The summed E-state index contributed by atoms with van der Waals surface area (Å²) in [6.45, 7) is 6.58. The lowest BCUT2D eigenvalue weighted by Gasteiger charge is -2.01. The first-order valence-electron chi connectivity index (χ1n) is 5.45. The minimum atomic E-state index is -0.0707. The van der Waals surface area contributed by atoms with Crippen LogP contribution in [0.25, 0.3) is 0 Å². The Morgan fingerprint density at radius 1 is 1.21 bits per heavy atom. The smallest absolute Gasteiger partial charge is 0.306 e. The van der Waals surface area contributed by atoms with Crippen molar-refractivity contribution in [1.29, 1.82) is 0 Å². The lowest BCUT2D eigenvalue weighted by Crippen LogP contribution is -2.04. The van der Waals surface area contributed by atoms with Crippen molar-refractivity contribution >= 4 is 5.97 Å². The molecule has 0 aliphatic rings. The Morgan fingerprint density at radius 2 is 1.93 bits per heavy atom. The van der Waals surface area contributed by atoms with Crippen molar-refractivity contribution in [3.05, 3.63) is 11.6 Å². The van der Waals surface area contributed by atoms with E-state index < -0.39 is 0 Å². The molecule has 0 fully saturated rings. The third-order valence-corrected chi connectivity index (χ3v) is 1.97. The van der Waals surface area contributed by atoms with Gasteiger partial charge in [0.25, 0.3) is 0 Å². The van der Waals surface area contributed by atoms with Crippen molar-refractivity contribution in [3.8, 4) is 0 Å². The molecule has 82 valence electrons. The van der Waals surface area contributed by atoms with Crippen molar-refractivity contribution in [1.82, 2.24) is 0 Å². The summed E-state index contributed by atoms with van der Waals surface area (Å²) in [6.07, 6.45) is 6.99. The second-order valence-electron chi connectivity index (χ2n) is 3.78. The van der Waals surface area contributed by atoms with E-state index in [1.807, 2.05) is 19.9 Å². The summed E-state index contributed by atoms with van der Waals surface area (Å²) in [4.78, 5) is 11.1. The van der Waals surface area contributed by atoms with Crippen LogP contribution in [0.1, 0.15) is 52.9 Å². The van der Waals surface area contributed by atoms with Crippen molar-refractivity contribution < 1.29 is 9.53 Å². The number of hydrogen-bond acceptors (Lipinski definition) is 2. The standard InChI is InChI=1S/C12H22O2/c1-4-5-6-7-8-12(13)14-10-9-11(2)3/h9H,4-8,10H2,1-3H3. The molecule has 0 amide bonds. The molecule has 0 unspecified atom stereocenters. The molecule has 0 aromatic rings. The molecule has 2 heteroatoms. The lowest BCUT2D eigenvalue weighted by atomic mass is 10.2. The maximum absolute atomic E-state index is 11.1. The highest BCUT2D eigenvalue weighted by atomic mass is 16.5. The number of hydrogen-bond donors (Lipinski definition) is 0. The van der Waals surface area contributed by atoms with Crippen LogP contribution in [0.2, 0.25) is 0 Å². The summed E-state index contributed by atoms with van der Waals surface area (Å²) in [5.41, 5.74) is 1.18. The zero-order valence-electron chi connectivity index (χ0n) is 9.64. The van der Waals surface area contributed by atoms with Crippen LogP contribution in [0.4, 0.5) is 0 Å². The van der Waals surface area contributed by atoms with E-state index in [1.54, 1.807) is 0 Å². The Labute approximate surface area is 87.3 Å². The van der Waals surface area contributed by atoms with Gasteiger partial charge >= 0.3 is 5.97 Å². The van der Waals surface area contributed by atoms with Crippen LogP contribution in [-0.2, 0) is 9.53 Å². The largest absolute Gasteiger partial charge is 0.461 e. The van der Waals surface area contributed by atoms with E-state index in [1.165, 1.54) is 18.4 Å². The Kier molecular flexibility index (Phi) is 8.30. The predicted molar refractivity (Wildman–Crippen MR) is 59.1 cm³/mol. The van der Waals surface area contributed by atoms with Gasteiger partial charge < -0.3 is 4.74 Å². The van der Waals surface area contributed by atoms with E-state index in [2.05, 4.69) is 6.92 Å². The van der Waals surface area contributed by atoms with Crippen LogP contribution in [-0.4, -0.2) is 12.6 Å². The lowest BCUT2D eigenvalue weighted by molar-refractivity contribution is -0.142. The second-order valence-corrected chi connectivity index (χ2v) is 3.78. The first-order chi connectivity index (χ1) is 6.66. The fourth-order valence-corrected chi connectivity index (χ4v) is 1.07.